The van der Waals surface area contributed by atoms with Gasteiger partial charge >= 0.3 is 0 Å². The van der Waals surface area contributed by atoms with Crippen molar-refractivity contribution in [3.63, 3.8) is 0 Å². The molecule has 4 nitrogen and oxygen atoms in total. The minimum atomic E-state index is 0.0672. The van der Waals surface area contributed by atoms with Gasteiger partial charge in [0.15, 0.2) is 6.61 Å². The van der Waals surface area contributed by atoms with Gasteiger partial charge in [-0.1, -0.05) is 48.5 Å². The quantitative estimate of drug-likeness (QED) is 0.848. The van der Waals surface area contributed by atoms with E-state index in [-0.39, 0.29) is 12.5 Å². The summed E-state index contributed by atoms with van der Waals surface area (Å²) < 4.78 is 5.67. The van der Waals surface area contributed by atoms with E-state index in [4.69, 9.17) is 4.74 Å². The molecule has 1 saturated heterocycles. The van der Waals surface area contributed by atoms with Gasteiger partial charge in [-0.3, -0.25) is 9.69 Å². The number of hydrogen-bond acceptors (Lipinski definition) is 3. The number of aryl methyl sites for hydroxylation is 1. The van der Waals surface area contributed by atoms with E-state index < -0.39 is 0 Å². The van der Waals surface area contributed by atoms with Crippen molar-refractivity contribution in [3.05, 3.63) is 65.7 Å². The summed E-state index contributed by atoms with van der Waals surface area (Å²) in [5.41, 5.74) is 2.37. The minimum Gasteiger partial charge on any atom is -0.484 e. The van der Waals surface area contributed by atoms with Crippen molar-refractivity contribution < 1.29 is 9.53 Å². The number of rotatable bonds is 5. The van der Waals surface area contributed by atoms with Crippen LogP contribution in [0.4, 0.5) is 0 Å². The second-order valence-electron chi connectivity index (χ2n) is 6.20. The average Bonchev–Trinajstić information content (AvgIpc) is 2.62. The molecule has 0 bridgehead atoms. The van der Waals surface area contributed by atoms with Crippen molar-refractivity contribution >= 4 is 5.91 Å². The molecule has 1 fully saturated rings. The SMILES string of the molecule is Cc1ccccc1OCC(=O)N1CCN(Cc2ccccc2)CC1. The Kier molecular flexibility index (Phi) is 5.49. The Bertz CT molecular complexity index is 664. The van der Waals surface area contributed by atoms with Crippen molar-refractivity contribution in [2.24, 2.45) is 0 Å². The lowest BCUT2D eigenvalue weighted by Crippen LogP contribution is -2.49. The first-order valence-corrected chi connectivity index (χ1v) is 8.45. The Morgan fingerprint density at radius 1 is 0.958 bits per heavy atom. The monoisotopic (exact) mass is 324 g/mol. The van der Waals surface area contributed by atoms with Crippen LogP contribution >= 0.6 is 0 Å². The fraction of sp³-hybridized carbons (Fsp3) is 0.350. The van der Waals surface area contributed by atoms with E-state index in [0.29, 0.717) is 0 Å². The fourth-order valence-corrected chi connectivity index (χ4v) is 2.95. The van der Waals surface area contributed by atoms with Gasteiger partial charge in [0, 0.05) is 32.7 Å². The van der Waals surface area contributed by atoms with Gasteiger partial charge in [0.25, 0.3) is 5.91 Å². The number of carbonyl (C=O) groups excluding carboxylic acids is 1. The molecule has 0 atom stereocenters. The summed E-state index contributed by atoms with van der Waals surface area (Å²) in [6, 6.07) is 18.2. The van der Waals surface area contributed by atoms with Crippen LogP contribution in [0.25, 0.3) is 0 Å². The molecule has 0 spiro atoms. The van der Waals surface area contributed by atoms with Crippen LogP contribution in [0.1, 0.15) is 11.1 Å². The number of ether oxygens (including phenoxy) is 1. The molecule has 0 aliphatic carbocycles. The first kappa shape index (κ1) is 16.5. The van der Waals surface area contributed by atoms with E-state index in [1.165, 1.54) is 5.56 Å². The van der Waals surface area contributed by atoms with Gasteiger partial charge in [-0.05, 0) is 24.1 Å². The predicted octanol–water partition coefficient (Wildman–Crippen LogP) is 2.72. The van der Waals surface area contributed by atoms with Crippen molar-refractivity contribution in [1.29, 1.82) is 0 Å². The van der Waals surface area contributed by atoms with Crippen molar-refractivity contribution in [1.82, 2.24) is 9.80 Å². The third-order valence-corrected chi connectivity index (χ3v) is 4.42. The zero-order chi connectivity index (χ0) is 16.8. The number of hydrogen-bond donors (Lipinski definition) is 0. The normalized spacial score (nSPS) is 15.3. The zero-order valence-corrected chi connectivity index (χ0v) is 14.1. The van der Waals surface area contributed by atoms with Crippen LogP contribution in [0.3, 0.4) is 0 Å². The Morgan fingerprint density at radius 2 is 1.62 bits per heavy atom. The zero-order valence-electron chi connectivity index (χ0n) is 14.1. The van der Waals surface area contributed by atoms with E-state index in [1.807, 2.05) is 42.2 Å². The van der Waals surface area contributed by atoms with Gasteiger partial charge in [0.1, 0.15) is 5.75 Å². The van der Waals surface area contributed by atoms with E-state index in [2.05, 4.69) is 29.2 Å². The summed E-state index contributed by atoms with van der Waals surface area (Å²) in [6.45, 7) is 6.40. The van der Waals surface area contributed by atoms with Crippen LogP contribution in [0.5, 0.6) is 5.75 Å². The first-order chi connectivity index (χ1) is 11.7. The number of benzene rings is 2. The van der Waals surface area contributed by atoms with Gasteiger partial charge in [-0.2, -0.15) is 0 Å². The largest absolute Gasteiger partial charge is 0.484 e. The second kappa shape index (κ2) is 7.97. The molecule has 1 amide bonds. The molecule has 1 aliphatic heterocycles. The van der Waals surface area contributed by atoms with E-state index in [9.17, 15) is 4.79 Å². The number of amides is 1. The Labute approximate surface area is 143 Å². The van der Waals surface area contributed by atoms with Gasteiger partial charge in [0.05, 0.1) is 0 Å². The number of piperazine rings is 1. The highest BCUT2D eigenvalue weighted by molar-refractivity contribution is 5.78. The highest BCUT2D eigenvalue weighted by Crippen LogP contribution is 2.16. The minimum absolute atomic E-state index is 0.0672. The molecule has 2 aromatic carbocycles. The Morgan fingerprint density at radius 3 is 2.33 bits per heavy atom. The number of carbonyl (C=O) groups is 1. The molecular formula is C20H24N2O2. The van der Waals surface area contributed by atoms with Crippen molar-refractivity contribution in [2.45, 2.75) is 13.5 Å². The molecule has 2 aromatic rings. The summed E-state index contributed by atoms with van der Waals surface area (Å²) in [6.07, 6.45) is 0. The molecular weight excluding hydrogens is 300 g/mol. The standard InChI is InChI=1S/C20H24N2O2/c1-17-7-5-6-10-19(17)24-16-20(23)22-13-11-21(12-14-22)15-18-8-3-2-4-9-18/h2-10H,11-16H2,1H3. The first-order valence-electron chi connectivity index (χ1n) is 8.45. The van der Waals surface area contributed by atoms with Crippen LogP contribution in [0.2, 0.25) is 0 Å². The summed E-state index contributed by atoms with van der Waals surface area (Å²) in [5.74, 6) is 0.853. The van der Waals surface area contributed by atoms with Gasteiger partial charge in [-0.25, -0.2) is 0 Å². The van der Waals surface area contributed by atoms with E-state index in [0.717, 1.165) is 44.0 Å². The highest BCUT2D eigenvalue weighted by atomic mass is 16.5. The van der Waals surface area contributed by atoms with Gasteiger partial charge in [0.2, 0.25) is 0 Å². The molecule has 0 radical (unpaired) electrons. The maximum atomic E-state index is 12.3. The lowest BCUT2D eigenvalue weighted by Gasteiger charge is -2.34. The molecule has 1 heterocycles. The maximum absolute atomic E-state index is 12.3. The lowest BCUT2D eigenvalue weighted by molar-refractivity contribution is -0.135. The highest BCUT2D eigenvalue weighted by Gasteiger charge is 2.21. The second-order valence-corrected chi connectivity index (χ2v) is 6.20. The summed E-state index contributed by atoms with van der Waals surface area (Å²) in [7, 11) is 0. The van der Waals surface area contributed by atoms with Crippen molar-refractivity contribution in [3.8, 4) is 5.75 Å². The average molecular weight is 324 g/mol. The lowest BCUT2D eigenvalue weighted by atomic mass is 10.2. The molecule has 4 heteroatoms. The van der Waals surface area contributed by atoms with E-state index in [1.54, 1.807) is 0 Å². The van der Waals surface area contributed by atoms with Gasteiger partial charge < -0.3 is 9.64 Å². The molecule has 1 aliphatic rings. The molecule has 0 N–H and O–H groups in total. The maximum Gasteiger partial charge on any atom is 0.260 e. The smallest absolute Gasteiger partial charge is 0.260 e. The summed E-state index contributed by atoms with van der Waals surface area (Å²) in [4.78, 5) is 16.6. The molecule has 0 aromatic heterocycles. The fourth-order valence-electron chi connectivity index (χ4n) is 2.95. The Hall–Kier alpha value is -2.33. The third kappa shape index (κ3) is 4.36. The number of para-hydroxylation sites is 1. The third-order valence-electron chi connectivity index (χ3n) is 4.42. The van der Waals surface area contributed by atoms with Crippen molar-refractivity contribution in [2.75, 3.05) is 32.8 Å². The Balaban J connectivity index is 1.44. The summed E-state index contributed by atoms with van der Waals surface area (Å²) in [5, 5.41) is 0. The predicted molar refractivity (Wildman–Crippen MR) is 95.0 cm³/mol. The molecule has 126 valence electrons. The van der Waals surface area contributed by atoms with Crippen LogP contribution in [-0.4, -0.2) is 48.5 Å². The van der Waals surface area contributed by atoms with Crippen LogP contribution < -0.4 is 4.74 Å². The summed E-state index contributed by atoms with van der Waals surface area (Å²) >= 11 is 0. The van der Waals surface area contributed by atoms with Gasteiger partial charge in [-0.15, -0.1) is 0 Å². The van der Waals surface area contributed by atoms with Crippen LogP contribution in [0.15, 0.2) is 54.6 Å². The molecule has 0 saturated carbocycles. The topological polar surface area (TPSA) is 32.8 Å². The van der Waals surface area contributed by atoms with Crippen LogP contribution in [0, 0.1) is 6.92 Å². The van der Waals surface area contributed by atoms with Crippen LogP contribution in [-0.2, 0) is 11.3 Å². The molecule has 0 unspecified atom stereocenters. The van der Waals surface area contributed by atoms with E-state index >= 15 is 0 Å². The molecule has 3 rings (SSSR count). The number of nitrogens with zero attached hydrogens (tertiary/aromatic N) is 2. The molecule has 24 heavy (non-hydrogen) atoms.